The molecule has 1 aliphatic rings. The molecule has 24 heavy (non-hydrogen) atoms. The molecule has 6 nitrogen and oxygen atoms in total. The van der Waals surface area contributed by atoms with Crippen LogP contribution in [0.25, 0.3) is 0 Å². The van der Waals surface area contributed by atoms with Gasteiger partial charge in [-0.2, -0.15) is 5.10 Å². The van der Waals surface area contributed by atoms with Crippen molar-refractivity contribution in [3.63, 3.8) is 0 Å². The summed E-state index contributed by atoms with van der Waals surface area (Å²) in [6.45, 7) is 2.54. The average Bonchev–Trinajstić information content (AvgIpc) is 3.04. The Bertz CT molecular complexity index is 675. The molecule has 0 radical (unpaired) electrons. The molecule has 1 amide bonds. The topological polar surface area (TPSA) is 70.4 Å². The molecule has 1 aliphatic heterocycles. The van der Waals surface area contributed by atoms with E-state index in [1.807, 2.05) is 18.2 Å². The van der Waals surface area contributed by atoms with Crippen LogP contribution >= 0.6 is 0 Å². The number of aliphatic hydroxyl groups excluding tert-OH is 1. The summed E-state index contributed by atoms with van der Waals surface area (Å²) >= 11 is 0. The van der Waals surface area contributed by atoms with E-state index >= 15 is 0 Å². The summed E-state index contributed by atoms with van der Waals surface area (Å²) < 4.78 is 1.60. The molecule has 2 heterocycles. The van der Waals surface area contributed by atoms with Gasteiger partial charge in [-0.05, 0) is 24.5 Å². The highest BCUT2D eigenvalue weighted by Gasteiger charge is 2.36. The largest absolute Gasteiger partial charge is 0.394 e. The smallest absolute Gasteiger partial charge is 0.272 e. The third kappa shape index (κ3) is 3.83. The van der Waals surface area contributed by atoms with Crippen molar-refractivity contribution in [2.24, 2.45) is 7.05 Å². The third-order valence-electron chi connectivity index (χ3n) is 4.69. The lowest BCUT2D eigenvalue weighted by Gasteiger charge is -2.41. The van der Waals surface area contributed by atoms with Gasteiger partial charge in [-0.1, -0.05) is 30.3 Å². The van der Waals surface area contributed by atoms with Crippen LogP contribution in [0.3, 0.4) is 0 Å². The van der Waals surface area contributed by atoms with Gasteiger partial charge in [0, 0.05) is 32.9 Å². The van der Waals surface area contributed by atoms with Gasteiger partial charge >= 0.3 is 0 Å². The number of nitrogens with one attached hydrogen (secondary N) is 1. The summed E-state index contributed by atoms with van der Waals surface area (Å²) in [5.74, 6) is -0.221. The first-order valence-corrected chi connectivity index (χ1v) is 8.29. The van der Waals surface area contributed by atoms with Gasteiger partial charge in [-0.25, -0.2) is 0 Å². The first-order valence-electron chi connectivity index (χ1n) is 8.29. The third-order valence-corrected chi connectivity index (χ3v) is 4.69. The molecule has 1 fully saturated rings. The zero-order chi connectivity index (χ0) is 17.0. The fourth-order valence-electron chi connectivity index (χ4n) is 3.14. The number of likely N-dealkylation sites (tertiary alicyclic amines) is 1. The maximum absolute atomic E-state index is 12.4. The zero-order valence-corrected chi connectivity index (χ0v) is 14.0. The molecule has 0 aliphatic carbocycles. The summed E-state index contributed by atoms with van der Waals surface area (Å²) in [6, 6.07) is 12.0. The number of carbonyl (C=O) groups is 1. The number of carbonyl (C=O) groups excluding carboxylic acids is 1. The summed E-state index contributed by atoms with van der Waals surface area (Å²) in [4.78, 5) is 14.7. The van der Waals surface area contributed by atoms with E-state index in [0.29, 0.717) is 5.69 Å². The van der Waals surface area contributed by atoms with Crippen LogP contribution in [0.4, 0.5) is 0 Å². The van der Waals surface area contributed by atoms with Gasteiger partial charge in [0.25, 0.3) is 5.91 Å². The van der Waals surface area contributed by atoms with Crippen LogP contribution < -0.4 is 5.32 Å². The summed E-state index contributed by atoms with van der Waals surface area (Å²) in [7, 11) is 1.78. The number of hydrogen-bond acceptors (Lipinski definition) is 4. The van der Waals surface area contributed by atoms with E-state index in [4.69, 9.17) is 0 Å². The van der Waals surface area contributed by atoms with Gasteiger partial charge < -0.3 is 10.4 Å². The lowest BCUT2D eigenvalue weighted by atomic mass is 9.88. The minimum atomic E-state index is -0.554. The van der Waals surface area contributed by atoms with Gasteiger partial charge in [-0.15, -0.1) is 0 Å². The Morgan fingerprint density at radius 1 is 1.25 bits per heavy atom. The predicted molar refractivity (Wildman–Crippen MR) is 91.4 cm³/mol. The molecule has 128 valence electrons. The van der Waals surface area contributed by atoms with Gasteiger partial charge in [0.2, 0.25) is 0 Å². The highest BCUT2D eigenvalue weighted by molar-refractivity contribution is 5.92. The van der Waals surface area contributed by atoms with Crippen LogP contribution in [0.15, 0.2) is 42.6 Å². The molecular formula is C18H24N4O2. The molecule has 1 saturated heterocycles. The summed E-state index contributed by atoms with van der Waals surface area (Å²) in [5.41, 5.74) is 1.12. The number of rotatable bonds is 5. The van der Waals surface area contributed by atoms with Crippen LogP contribution in [0.1, 0.15) is 28.9 Å². The van der Waals surface area contributed by atoms with Gasteiger partial charge in [0.1, 0.15) is 5.69 Å². The highest BCUT2D eigenvalue weighted by Crippen LogP contribution is 2.23. The van der Waals surface area contributed by atoms with Crippen LogP contribution in [-0.2, 0) is 13.6 Å². The second kappa shape index (κ2) is 7.15. The number of nitrogens with zero attached hydrogens (tertiary/aromatic N) is 3. The van der Waals surface area contributed by atoms with Crippen molar-refractivity contribution in [3.8, 4) is 0 Å². The van der Waals surface area contributed by atoms with Crippen molar-refractivity contribution >= 4 is 5.91 Å². The molecule has 0 bridgehead atoms. The Hall–Kier alpha value is -2.18. The monoisotopic (exact) mass is 328 g/mol. The molecule has 0 saturated carbocycles. The van der Waals surface area contributed by atoms with Gasteiger partial charge in [0.15, 0.2) is 0 Å². The lowest BCUT2D eigenvalue weighted by molar-refractivity contribution is 0.0597. The number of piperidine rings is 1. The van der Waals surface area contributed by atoms with Crippen LogP contribution in [-0.4, -0.2) is 50.9 Å². The number of aliphatic hydroxyl groups is 1. The molecule has 3 rings (SSSR count). The molecule has 2 aromatic rings. The van der Waals surface area contributed by atoms with Crippen molar-refractivity contribution in [1.82, 2.24) is 20.0 Å². The van der Waals surface area contributed by atoms with Gasteiger partial charge in [0.05, 0.1) is 12.1 Å². The Morgan fingerprint density at radius 3 is 2.54 bits per heavy atom. The fraction of sp³-hybridized carbons (Fsp3) is 0.444. The molecule has 0 spiro atoms. The number of amides is 1. The summed E-state index contributed by atoms with van der Waals surface area (Å²) in [5, 5.41) is 17.0. The van der Waals surface area contributed by atoms with Crippen molar-refractivity contribution in [3.05, 3.63) is 53.9 Å². The van der Waals surface area contributed by atoms with Crippen LogP contribution in [0, 0.1) is 0 Å². The molecule has 1 aromatic heterocycles. The predicted octanol–water partition coefficient (Wildman–Crippen LogP) is 1.18. The minimum absolute atomic E-state index is 0.0508. The molecule has 1 aromatic carbocycles. The first kappa shape index (κ1) is 16.7. The Labute approximate surface area is 142 Å². The van der Waals surface area contributed by atoms with Crippen molar-refractivity contribution < 1.29 is 9.90 Å². The van der Waals surface area contributed by atoms with Crippen molar-refractivity contribution in [1.29, 1.82) is 0 Å². The van der Waals surface area contributed by atoms with Crippen molar-refractivity contribution in [2.75, 3.05) is 19.7 Å². The Morgan fingerprint density at radius 2 is 1.96 bits per heavy atom. The quantitative estimate of drug-likeness (QED) is 0.865. The van der Waals surface area contributed by atoms with E-state index in [0.717, 1.165) is 32.5 Å². The summed E-state index contributed by atoms with van der Waals surface area (Å²) in [6.07, 6.45) is 3.20. The average molecular weight is 328 g/mol. The number of hydrogen-bond donors (Lipinski definition) is 2. The van der Waals surface area contributed by atoms with E-state index < -0.39 is 5.54 Å². The normalized spacial score (nSPS) is 17.6. The molecular weight excluding hydrogens is 304 g/mol. The first-order chi connectivity index (χ1) is 11.6. The molecule has 0 unspecified atom stereocenters. The standard InChI is InChI=1S/C18H24N4O2/c1-21-10-7-16(20-21)17(24)19-18(14-23)8-11-22(12-9-18)13-15-5-3-2-4-6-15/h2-7,10,23H,8-9,11-14H2,1H3,(H,19,24). The SMILES string of the molecule is Cn1ccc(C(=O)NC2(CO)CCN(Cc3ccccc3)CC2)n1. The molecule has 0 atom stereocenters. The minimum Gasteiger partial charge on any atom is -0.394 e. The fourth-order valence-corrected chi connectivity index (χ4v) is 3.14. The van der Waals surface area contributed by atoms with Gasteiger partial charge in [-0.3, -0.25) is 14.4 Å². The lowest BCUT2D eigenvalue weighted by Crippen LogP contribution is -2.57. The Balaban J connectivity index is 1.58. The van der Waals surface area contributed by atoms with E-state index in [2.05, 4.69) is 27.4 Å². The number of aryl methyl sites for hydroxylation is 1. The number of benzene rings is 1. The van der Waals surface area contributed by atoms with Crippen molar-refractivity contribution in [2.45, 2.75) is 24.9 Å². The zero-order valence-electron chi connectivity index (χ0n) is 14.0. The van der Waals surface area contributed by atoms with E-state index in [-0.39, 0.29) is 12.5 Å². The maximum atomic E-state index is 12.4. The van der Waals surface area contributed by atoms with Crippen LogP contribution in [0.5, 0.6) is 0 Å². The second-order valence-corrected chi connectivity index (χ2v) is 6.53. The Kier molecular flexibility index (Phi) is 4.97. The van der Waals surface area contributed by atoms with E-state index in [1.165, 1.54) is 5.56 Å². The molecule has 6 heteroatoms. The van der Waals surface area contributed by atoms with Crippen LogP contribution in [0.2, 0.25) is 0 Å². The number of aromatic nitrogens is 2. The highest BCUT2D eigenvalue weighted by atomic mass is 16.3. The maximum Gasteiger partial charge on any atom is 0.272 e. The molecule has 2 N–H and O–H groups in total. The van der Waals surface area contributed by atoms with E-state index in [9.17, 15) is 9.90 Å². The van der Waals surface area contributed by atoms with E-state index in [1.54, 1.807) is 24.0 Å². The second-order valence-electron chi connectivity index (χ2n) is 6.53.